The van der Waals surface area contributed by atoms with Crippen LogP contribution >= 0.6 is 0 Å². The first-order valence-corrected chi connectivity index (χ1v) is 9.55. The summed E-state index contributed by atoms with van der Waals surface area (Å²) in [6, 6.07) is 27.4. The van der Waals surface area contributed by atoms with Gasteiger partial charge in [0, 0.05) is 34.4 Å². The Kier molecular flexibility index (Phi) is 4.50. The molecule has 0 saturated heterocycles. The molecule has 0 saturated carbocycles. The maximum atomic E-state index is 5.96. The molecule has 5 rings (SSSR count). The van der Waals surface area contributed by atoms with Crippen LogP contribution in [0.5, 0.6) is 11.5 Å². The Hall–Kier alpha value is -4.32. The van der Waals surface area contributed by atoms with E-state index in [1.54, 1.807) is 0 Å². The van der Waals surface area contributed by atoms with Crippen LogP contribution in [0.1, 0.15) is 0 Å². The van der Waals surface area contributed by atoms with Gasteiger partial charge in [-0.2, -0.15) is 4.98 Å². The van der Waals surface area contributed by atoms with E-state index in [-0.39, 0.29) is 5.95 Å². The number of nitrogen functional groups attached to an aromatic ring is 1. The molecule has 4 N–H and O–H groups in total. The van der Waals surface area contributed by atoms with Gasteiger partial charge in [-0.3, -0.25) is 0 Å². The summed E-state index contributed by atoms with van der Waals surface area (Å²) in [5.41, 5.74) is 9.66. The summed E-state index contributed by atoms with van der Waals surface area (Å²) in [7, 11) is 0. The highest BCUT2D eigenvalue weighted by molar-refractivity contribution is 5.84. The Morgan fingerprint density at radius 3 is 2.43 bits per heavy atom. The first kappa shape index (κ1) is 17.8. The van der Waals surface area contributed by atoms with Gasteiger partial charge in [0.15, 0.2) is 0 Å². The molecule has 0 spiro atoms. The van der Waals surface area contributed by atoms with Crippen molar-refractivity contribution >= 4 is 28.4 Å². The van der Waals surface area contributed by atoms with E-state index in [1.807, 2.05) is 85.1 Å². The number of benzene rings is 3. The average molecular weight is 393 g/mol. The Bertz CT molecular complexity index is 1300. The molecule has 0 bridgehead atoms. The molecule has 2 heterocycles. The van der Waals surface area contributed by atoms with Crippen LogP contribution in [-0.2, 0) is 0 Å². The van der Waals surface area contributed by atoms with Gasteiger partial charge in [-0.1, -0.05) is 24.3 Å². The van der Waals surface area contributed by atoms with Crippen LogP contribution in [0, 0.1) is 0 Å². The molecule has 0 fully saturated rings. The van der Waals surface area contributed by atoms with Crippen molar-refractivity contribution in [1.29, 1.82) is 0 Å². The third-order valence-corrected chi connectivity index (χ3v) is 4.70. The van der Waals surface area contributed by atoms with Gasteiger partial charge >= 0.3 is 0 Å². The van der Waals surface area contributed by atoms with Crippen molar-refractivity contribution < 1.29 is 4.74 Å². The largest absolute Gasteiger partial charge is 0.457 e. The van der Waals surface area contributed by atoms with Crippen molar-refractivity contribution in [2.45, 2.75) is 0 Å². The number of hydrogen-bond acceptors (Lipinski definition) is 5. The van der Waals surface area contributed by atoms with E-state index in [0.717, 1.165) is 39.3 Å². The molecule has 30 heavy (non-hydrogen) atoms. The Morgan fingerprint density at radius 2 is 1.60 bits per heavy atom. The van der Waals surface area contributed by atoms with Crippen molar-refractivity contribution in [2.75, 3.05) is 11.1 Å². The minimum absolute atomic E-state index is 0.216. The summed E-state index contributed by atoms with van der Waals surface area (Å²) in [6.45, 7) is 0. The van der Waals surface area contributed by atoms with Crippen LogP contribution < -0.4 is 15.8 Å². The number of aromatic amines is 1. The lowest BCUT2D eigenvalue weighted by Gasteiger charge is -2.10. The van der Waals surface area contributed by atoms with E-state index >= 15 is 0 Å². The number of hydrogen-bond donors (Lipinski definition) is 3. The molecule has 0 radical (unpaired) electrons. The van der Waals surface area contributed by atoms with Crippen molar-refractivity contribution in [1.82, 2.24) is 15.0 Å². The van der Waals surface area contributed by atoms with Crippen molar-refractivity contribution in [3.63, 3.8) is 0 Å². The second-order valence-electron chi connectivity index (χ2n) is 6.84. The molecule has 5 aromatic rings. The molecule has 6 heteroatoms. The van der Waals surface area contributed by atoms with Crippen LogP contribution in [0.2, 0.25) is 0 Å². The van der Waals surface area contributed by atoms with Crippen LogP contribution in [0.3, 0.4) is 0 Å². The summed E-state index contributed by atoms with van der Waals surface area (Å²) in [5.74, 6) is 2.40. The predicted molar refractivity (Wildman–Crippen MR) is 120 cm³/mol. The lowest BCUT2D eigenvalue weighted by atomic mass is 10.1. The highest BCUT2D eigenvalue weighted by Gasteiger charge is 2.07. The third kappa shape index (κ3) is 3.79. The Labute approximate surface area is 173 Å². The smallest absolute Gasteiger partial charge is 0.222 e. The van der Waals surface area contributed by atoms with Crippen molar-refractivity contribution in [2.24, 2.45) is 0 Å². The minimum atomic E-state index is 0.216. The molecule has 146 valence electrons. The van der Waals surface area contributed by atoms with Crippen LogP contribution in [-0.4, -0.2) is 15.0 Å². The highest BCUT2D eigenvalue weighted by Crippen LogP contribution is 2.27. The summed E-state index contributed by atoms with van der Waals surface area (Å²) in [4.78, 5) is 11.9. The fraction of sp³-hybridized carbons (Fsp3) is 0. The number of para-hydroxylation sites is 1. The first-order valence-electron chi connectivity index (χ1n) is 9.55. The van der Waals surface area contributed by atoms with Gasteiger partial charge < -0.3 is 20.8 Å². The van der Waals surface area contributed by atoms with Gasteiger partial charge in [-0.15, -0.1) is 0 Å². The van der Waals surface area contributed by atoms with E-state index < -0.39 is 0 Å². The Morgan fingerprint density at radius 1 is 0.800 bits per heavy atom. The summed E-state index contributed by atoms with van der Waals surface area (Å²) in [6.07, 6.45) is 1.92. The second kappa shape index (κ2) is 7.60. The van der Waals surface area contributed by atoms with Crippen molar-refractivity contribution in [3.8, 4) is 22.8 Å². The molecular formula is C24H19N5O. The lowest BCUT2D eigenvalue weighted by Crippen LogP contribution is -2.01. The third-order valence-electron chi connectivity index (χ3n) is 4.70. The summed E-state index contributed by atoms with van der Waals surface area (Å²) in [5, 5.41) is 4.40. The quantitative estimate of drug-likeness (QED) is 0.354. The van der Waals surface area contributed by atoms with Crippen LogP contribution in [0.25, 0.3) is 22.2 Å². The van der Waals surface area contributed by atoms with Crippen molar-refractivity contribution in [3.05, 3.63) is 91.1 Å². The summed E-state index contributed by atoms with van der Waals surface area (Å²) >= 11 is 0. The summed E-state index contributed by atoms with van der Waals surface area (Å²) < 4.78 is 5.83. The number of fused-ring (bicyclic) bond motifs is 1. The van der Waals surface area contributed by atoms with Gasteiger partial charge in [-0.25, -0.2) is 4.98 Å². The molecule has 0 amide bonds. The molecular weight excluding hydrogens is 374 g/mol. The van der Waals surface area contributed by atoms with Crippen LogP contribution in [0.15, 0.2) is 91.1 Å². The fourth-order valence-corrected chi connectivity index (χ4v) is 3.27. The fourth-order valence-electron chi connectivity index (χ4n) is 3.27. The SMILES string of the molecule is Nc1nc(Nc2ccc(Oc3ccccc3)cc2)cc(-c2ccc3[nH]ccc3c2)n1. The monoisotopic (exact) mass is 393 g/mol. The number of aromatic nitrogens is 3. The molecule has 3 aromatic carbocycles. The zero-order valence-electron chi connectivity index (χ0n) is 16.0. The van der Waals surface area contributed by atoms with E-state index in [4.69, 9.17) is 10.5 Å². The number of H-pyrrole nitrogens is 1. The zero-order valence-corrected chi connectivity index (χ0v) is 16.0. The minimum Gasteiger partial charge on any atom is -0.457 e. The Balaban J connectivity index is 1.37. The van der Waals surface area contributed by atoms with E-state index in [0.29, 0.717) is 5.82 Å². The van der Waals surface area contributed by atoms with Gasteiger partial charge in [0.2, 0.25) is 5.95 Å². The number of rotatable bonds is 5. The molecule has 0 aliphatic heterocycles. The normalized spacial score (nSPS) is 10.8. The predicted octanol–water partition coefficient (Wildman–Crippen LogP) is 5.74. The maximum absolute atomic E-state index is 5.96. The van der Waals surface area contributed by atoms with Crippen LogP contribution in [0.4, 0.5) is 17.5 Å². The molecule has 6 nitrogen and oxygen atoms in total. The van der Waals surface area contributed by atoms with E-state index in [2.05, 4.69) is 26.3 Å². The number of nitrogens with one attached hydrogen (secondary N) is 2. The molecule has 2 aromatic heterocycles. The van der Waals surface area contributed by atoms with E-state index in [1.165, 1.54) is 0 Å². The van der Waals surface area contributed by atoms with Gasteiger partial charge in [0.25, 0.3) is 0 Å². The second-order valence-corrected chi connectivity index (χ2v) is 6.84. The average Bonchev–Trinajstić information content (AvgIpc) is 3.23. The topological polar surface area (TPSA) is 88.9 Å². The zero-order chi connectivity index (χ0) is 20.3. The molecule has 0 atom stereocenters. The molecule has 0 aliphatic rings. The molecule has 0 unspecified atom stereocenters. The van der Waals surface area contributed by atoms with Gasteiger partial charge in [0.1, 0.15) is 17.3 Å². The number of anilines is 3. The molecule has 0 aliphatic carbocycles. The lowest BCUT2D eigenvalue weighted by molar-refractivity contribution is 0.483. The van der Waals surface area contributed by atoms with Gasteiger partial charge in [0.05, 0.1) is 5.69 Å². The number of nitrogens with two attached hydrogens (primary N) is 1. The highest BCUT2D eigenvalue weighted by atomic mass is 16.5. The number of nitrogens with zero attached hydrogens (tertiary/aromatic N) is 2. The first-order chi connectivity index (χ1) is 14.7. The van der Waals surface area contributed by atoms with Gasteiger partial charge in [-0.05, 0) is 54.6 Å². The maximum Gasteiger partial charge on any atom is 0.222 e. The van der Waals surface area contributed by atoms with E-state index in [9.17, 15) is 0 Å². The standard InChI is InChI=1S/C24H19N5O/c25-24-28-22(16-6-11-21-17(14-16)12-13-26-21)15-23(29-24)27-18-7-9-20(10-8-18)30-19-4-2-1-3-5-19/h1-15,26H,(H3,25,27,28,29). The number of ether oxygens (including phenoxy) is 1.